The minimum Gasteiger partial charge on any atom is -0.481 e. The first-order valence-electron chi connectivity index (χ1n) is 7.47. The van der Waals surface area contributed by atoms with E-state index in [1.54, 1.807) is 0 Å². The zero-order valence-corrected chi connectivity index (χ0v) is 14.2. The van der Waals surface area contributed by atoms with E-state index < -0.39 is 37.3 Å². The molecule has 0 aliphatic carbocycles. The summed E-state index contributed by atoms with van der Waals surface area (Å²) in [4.78, 5) is 20.5. The third-order valence-electron chi connectivity index (χ3n) is 3.48. The minimum atomic E-state index is -4.41. The largest absolute Gasteiger partial charge is 0.481 e. The zero-order chi connectivity index (χ0) is 19.3. The summed E-state index contributed by atoms with van der Waals surface area (Å²) in [5.41, 5.74) is -0.666. The van der Waals surface area contributed by atoms with Gasteiger partial charge in [-0.05, 0) is 30.7 Å². The Morgan fingerprint density at radius 2 is 1.88 bits per heavy atom. The maximum absolute atomic E-state index is 13.6. The predicted molar refractivity (Wildman–Crippen MR) is 90.9 cm³/mol. The summed E-state index contributed by atoms with van der Waals surface area (Å²) in [6.45, 7) is -0.274. The van der Waals surface area contributed by atoms with Gasteiger partial charge in [0.05, 0.1) is 10.6 Å². The van der Waals surface area contributed by atoms with Crippen molar-refractivity contribution in [2.24, 2.45) is 0 Å². The number of nitro benzene ring substituents is 1. The molecule has 2 aromatic carbocycles. The van der Waals surface area contributed by atoms with Crippen molar-refractivity contribution in [3.63, 3.8) is 0 Å². The average Bonchev–Trinajstić information content (AvgIpc) is 2.58. The molecule has 0 unspecified atom stereocenters. The normalized spacial score (nSPS) is 11.1. The summed E-state index contributed by atoms with van der Waals surface area (Å²) in [7, 11) is -4.41. The Morgan fingerprint density at radius 1 is 1.19 bits per heavy atom. The fourth-order valence-corrected chi connectivity index (χ4v) is 3.99. The summed E-state index contributed by atoms with van der Waals surface area (Å²) >= 11 is 0. The molecular weight excluding hydrogens is 367 g/mol. The number of carboxylic acid groups (broad SMARTS) is 1. The van der Waals surface area contributed by atoms with E-state index in [1.165, 1.54) is 24.3 Å². The van der Waals surface area contributed by atoms with E-state index in [2.05, 4.69) is 0 Å². The zero-order valence-electron chi connectivity index (χ0n) is 13.4. The van der Waals surface area contributed by atoms with E-state index in [4.69, 9.17) is 5.11 Å². The number of sulfonamides is 1. The second-order valence-electron chi connectivity index (χ2n) is 5.28. The van der Waals surface area contributed by atoms with E-state index in [0.29, 0.717) is 0 Å². The van der Waals surface area contributed by atoms with E-state index in [-0.39, 0.29) is 25.1 Å². The number of aliphatic carboxylic acids is 1. The van der Waals surface area contributed by atoms with Gasteiger partial charge in [0, 0.05) is 19.0 Å². The van der Waals surface area contributed by atoms with Gasteiger partial charge in [0.15, 0.2) is 4.90 Å². The molecule has 0 aliphatic rings. The van der Waals surface area contributed by atoms with Gasteiger partial charge in [-0.15, -0.1) is 0 Å². The van der Waals surface area contributed by atoms with Crippen LogP contribution in [0, 0.1) is 15.9 Å². The average molecular weight is 382 g/mol. The van der Waals surface area contributed by atoms with Crippen molar-refractivity contribution in [1.82, 2.24) is 0 Å². The monoisotopic (exact) mass is 382 g/mol. The number of nitro groups is 1. The van der Waals surface area contributed by atoms with Crippen LogP contribution >= 0.6 is 0 Å². The molecule has 0 radical (unpaired) electrons. The van der Waals surface area contributed by atoms with Crippen molar-refractivity contribution in [2.45, 2.75) is 17.7 Å². The molecule has 2 aromatic rings. The minimum absolute atomic E-state index is 0.0476. The smallest absolute Gasteiger partial charge is 0.303 e. The molecule has 0 aromatic heterocycles. The van der Waals surface area contributed by atoms with Crippen molar-refractivity contribution in [1.29, 1.82) is 0 Å². The van der Waals surface area contributed by atoms with Gasteiger partial charge in [0.2, 0.25) is 0 Å². The lowest BCUT2D eigenvalue weighted by molar-refractivity contribution is -0.387. The highest BCUT2D eigenvalue weighted by molar-refractivity contribution is 7.93. The SMILES string of the molecule is O=C(O)CCCN(c1cccc(F)c1)S(=O)(=O)c1ccccc1[N+](=O)[O-]. The number of anilines is 1. The number of para-hydroxylation sites is 1. The van der Waals surface area contributed by atoms with Gasteiger partial charge in [-0.3, -0.25) is 19.2 Å². The lowest BCUT2D eigenvalue weighted by atomic mass is 10.2. The summed E-state index contributed by atoms with van der Waals surface area (Å²) in [6, 6.07) is 9.50. The van der Waals surface area contributed by atoms with Gasteiger partial charge in [-0.2, -0.15) is 0 Å². The number of carbonyl (C=O) groups is 1. The summed E-state index contributed by atoms with van der Waals surface area (Å²) in [5, 5.41) is 19.9. The highest BCUT2D eigenvalue weighted by Gasteiger charge is 2.31. The maximum atomic E-state index is 13.6. The van der Waals surface area contributed by atoms with Crippen molar-refractivity contribution >= 4 is 27.4 Å². The van der Waals surface area contributed by atoms with Crippen molar-refractivity contribution < 1.29 is 27.6 Å². The molecule has 0 atom stereocenters. The van der Waals surface area contributed by atoms with Crippen LogP contribution in [-0.4, -0.2) is 31.0 Å². The third kappa shape index (κ3) is 4.33. The lowest BCUT2D eigenvalue weighted by Crippen LogP contribution is -2.32. The Labute approximate surface area is 148 Å². The highest BCUT2D eigenvalue weighted by atomic mass is 32.2. The van der Waals surface area contributed by atoms with Crippen LogP contribution in [0.15, 0.2) is 53.4 Å². The number of rotatable bonds is 8. The molecule has 10 heteroatoms. The van der Waals surface area contributed by atoms with Crippen molar-refractivity contribution in [2.75, 3.05) is 10.8 Å². The van der Waals surface area contributed by atoms with E-state index in [9.17, 15) is 27.7 Å². The fraction of sp³-hybridized carbons (Fsp3) is 0.188. The van der Waals surface area contributed by atoms with Gasteiger partial charge in [-0.1, -0.05) is 18.2 Å². The van der Waals surface area contributed by atoms with Gasteiger partial charge in [0.25, 0.3) is 15.7 Å². The summed E-state index contributed by atoms with van der Waals surface area (Å²) in [6.07, 6.45) is -0.357. The highest BCUT2D eigenvalue weighted by Crippen LogP contribution is 2.30. The second kappa shape index (κ2) is 7.91. The molecule has 0 bridgehead atoms. The van der Waals surface area contributed by atoms with Crippen LogP contribution < -0.4 is 4.31 Å². The molecule has 8 nitrogen and oxygen atoms in total. The molecule has 0 heterocycles. The topological polar surface area (TPSA) is 118 Å². The molecule has 1 N–H and O–H groups in total. The first-order chi connectivity index (χ1) is 12.2. The van der Waals surface area contributed by atoms with E-state index in [1.807, 2.05) is 0 Å². The standard InChI is InChI=1S/C16H15FN2O6S/c17-12-5-3-6-13(11-12)18(10-4-9-16(20)21)26(24,25)15-8-2-1-7-14(15)19(22)23/h1-3,5-8,11H,4,9-10H2,(H,20,21). The molecule has 2 rings (SSSR count). The van der Waals surface area contributed by atoms with Crippen LogP contribution in [0.3, 0.4) is 0 Å². The van der Waals surface area contributed by atoms with Gasteiger partial charge in [0.1, 0.15) is 5.82 Å². The first kappa shape index (κ1) is 19.3. The number of hydrogen-bond acceptors (Lipinski definition) is 5. The molecule has 0 fully saturated rings. The Balaban J connectivity index is 2.53. The van der Waals surface area contributed by atoms with Crippen molar-refractivity contribution in [3.05, 3.63) is 64.5 Å². The number of nitrogens with zero attached hydrogens (tertiary/aromatic N) is 2. The second-order valence-corrected chi connectivity index (χ2v) is 7.11. The molecule has 0 saturated carbocycles. The molecule has 0 amide bonds. The van der Waals surface area contributed by atoms with Gasteiger partial charge >= 0.3 is 5.97 Å². The Morgan fingerprint density at radius 3 is 2.50 bits per heavy atom. The van der Waals surface area contributed by atoms with Crippen LogP contribution in [0.4, 0.5) is 15.8 Å². The van der Waals surface area contributed by atoms with Crippen LogP contribution in [0.2, 0.25) is 0 Å². The number of hydrogen-bond donors (Lipinski definition) is 1. The van der Waals surface area contributed by atoms with E-state index in [0.717, 1.165) is 28.6 Å². The molecule has 0 spiro atoms. The summed E-state index contributed by atoms with van der Waals surface area (Å²) in [5.74, 6) is -1.81. The Kier molecular flexibility index (Phi) is 5.88. The van der Waals surface area contributed by atoms with Gasteiger partial charge < -0.3 is 5.11 Å². The lowest BCUT2D eigenvalue weighted by Gasteiger charge is -2.24. The fourth-order valence-electron chi connectivity index (χ4n) is 2.34. The first-order valence-corrected chi connectivity index (χ1v) is 8.91. The third-order valence-corrected chi connectivity index (χ3v) is 5.35. The van der Waals surface area contributed by atoms with E-state index >= 15 is 0 Å². The number of halogens is 1. The predicted octanol–water partition coefficient (Wildman–Crippen LogP) is 2.79. The number of benzene rings is 2. The van der Waals surface area contributed by atoms with Crippen LogP contribution in [-0.2, 0) is 14.8 Å². The molecule has 0 aliphatic heterocycles. The van der Waals surface area contributed by atoms with Crippen molar-refractivity contribution in [3.8, 4) is 0 Å². The molecule has 0 saturated heterocycles. The molecule has 138 valence electrons. The molecule has 26 heavy (non-hydrogen) atoms. The van der Waals surface area contributed by atoms with Crippen LogP contribution in [0.25, 0.3) is 0 Å². The van der Waals surface area contributed by atoms with Crippen LogP contribution in [0.1, 0.15) is 12.8 Å². The quantitative estimate of drug-likeness (QED) is 0.554. The maximum Gasteiger partial charge on any atom is 0.303 e. The Hall–Kier alpha value is -3.01. The van der Waals surface area contributed by atoms with Crippen LogP contribution in [0.5, 0.6) is 0 Å². The molecular formula is C16H15FN2O6S. The summed E-state index contributed by atoms with van der Waals surface area (Å²) < 4.78 is 40.3. The van der Waals surface area contributed by atoms with Gasteiger partial charge in [-0.25, -0.2) is 12.8 Å². The Bertz CT molecular complexity index is 932. The number of carboxylic acids is 1.